The number of allylic oxidation sites excluding steroid dienone is 1. The number of unbranched alkanes of at least 4 members (excludes halogenated alkanes) is 2. The summed E-state index contributed by atoms with van der Waals surface area (Å²) in [6, 6.07) is 13.8. The van der Waals surface area contributed by atoms with Crippen LogP contribution >= 0.6 is 0 Å². The summed E-state index contributed by atoms with van der Waals surface area (Å²) in [5.41, 5.74) is 2.91. The molecule has 3 aliphatic rings. The van der Waals surface area contributed by atoms with Crippen LogP contribution in [0.3, 0.4) is 0 Å². The standard InChI is InChI=1S/C52H84O10Si3/c1-19-20-22-27-35-30-39-41(40(31-35)60-63(13,14)49(2,3)4)37-32-36(28-29-38(37)52(11,12)59-39)46(54)58-48-42(53)43(61-64(15,16)50(5,6)7)44(62-65(17,18)51(8,9)10)45(57-48)47(55)56-33-34-25-23-21-24-26-34/h21,23-26,30-32,37-38,42-45,48,53H,19-20,22,27-29,33H2,1-18H3/t37-,38-,42?,43?,44?,45?,48?/m1/s1. The Morgan fingerprint density at radius 2 is 1.38 bits per heavy atom. The van der Waals surface area contributed by atoms with Crippen LogP contribution in [-0.4, -0.2) is 78.3 Å². The van der Waals surface area contributed by atoms with Crippen molar-refractivity contribution in [1.82, 2.24) is 0 Å². The van der Waals surface area contributed by atoms with Crippen molar-refractivity contribution in [3.05, 3.63) is 70.8 Å². The molecule has 5 rings (SSSR count). The number of carbonyl (C=O) groups excluding carboxylic acids is 2. The van der Waals surface area contributed by atoms with E-state index in [0.29, 0.717) is 18.4 Å². The quantitative estimate of drug-likeness (QED) is 0.105. The molecule has 65 heavy (non-hydrogen) atoms. The Morgan fingerprint density at radius 1 is 0.800 bits per heavy atom. The fourth-order valence-electron chi connectivity index (χ4n) is 8.21. The van der Waals surface area contributed by atoms with Gasteiger partial charge in [0, 0.05) is 23.0 Å². The zero-order valence-corrected chi connectivity index (χ0v) is 46.2. The number of ether oxygens (including phenoxy) is 4. The first-order chi connectivity index (χ1) is 29.8. The van der Waals surface area contributed by atoms with Gasteiger partial charge in [-0.1, -0.05) is 118 Å². The average molecular weight is 953 g/mol. The summed E-state index contributed by atoms with van der Waals surface area (Å²) in [5, 5.41) is 11.9. The van der Waals surface area contributed by atoms with Crippen LogP contribution in [0, 0.1) is 5.92 Å². The summed E-state index contributed by atoms with van der Waals surface area (Å²) in [5.74, 6) is 0.176. The highest BCUT2D eigenvalue weighted by atomic mass is 28.4. The smallest absolute Gasteiger partial charge is 0.338 e. The van der Waals surface area contributed by atoms with E-state index < -0.39 is 73.2 Å². The maximum Gasteiger partial charge on any atom is 0.338 e. The van der Waals surface area contributed by atoms with Crippen LogP contribution in [0.25, 0.3) is 0 Å². The number of rotatable bonds is 15. The summed E-state index contributed by atoms with van der Waals surface area (Å²) in [6.45, 7) is 38.8. The number of benzene rings is 2. The number of hydrogen-bond donors (Lipinski definition) is 1. The minimum atomic E-state index is -2.65. The molecule has 7 atom stereocenters. The monoisotopic (exact) mass is 953 g/mol. The Hall–Kier alpha value is -2.79. The van der Waals surface area contributed by atoms with Gasteiger partial charge in [-0.2, -0.15) is 0 Å². The highest BCUT2D eigenvalue weighted by Crippen LogP contribution is 2.55. The minimum Gasteiger partial charge on any atom is -0.543 e. The van der Waals surface area contributed by atoms with Crippen molar-refractivity contribution in [2.45, 2.75) is 225 Å². The largest absolute Gasteiger partial charge is 0.543 e. The van der Waals surface area contributed by atoms with E-state index in [-0.39, 0.29) is 33.6 Å². The summed E-state index contributed by atoms with van der Waals surface area (Å²) in [7, 11) is -7.60. The molecule has 1 N–H and O–H groups in total. The average Bonchev–Trinajstić information content (AvgIpc) is 3.17. The Labute approximate surface area is 395 Å². The van der Waals surface area contributed by atoms with Crippen LogP contribution in [0.15, 0.2) is 54.1 Å². The topological polar surface area (TPSA) is 119 Å². The molecule has 1 saturated heterocycles. The molecule has 13 heteroatoms. The van der Waals surface area contributed by atoms with Crippen LogP contribution in [0.5, 0.6) is 11.5 Å². The van der Waals surface area contributed by atoms with Crippen LogP contribution in [-0.2, 0) is 45.7 Å². The Kier molecular flexibility index (Phi) is 16.1. The van der Waals surface area contributed by atoms with Crippen molar-refractivity contribution in [2.24, 2.45) is 5.92 Å². The van der Waals surface area contributed by atoms with Crippen molar-refractivity contribution in [2.75, 3.05) is 0 Å². The van der Waals surface area contributed by atoms with Crippen molar-refractivity contribution in [3.63, 3.8) is 0 Å². The number of esters is 2. The van der Waals surface area contributed by atoms with Gasteiger partial charge in [-0.05, 0) is 117 Å². The number of hydrogen-bond acceptors (Lipinski definition) is 10. The van der Waals surface area contributed by atoms with E-state index in [4.69, 9.17) is 32.2 Å². The molecule has 1 fully saturated rings. The van der Waals surface area contributed by atoms with Gasteiger partial charge in [0.15, 0.2) is 22.7 Å². The van der Waals surface area contributed by atoms with Gasteiger partial charge in [0.25, 0.3) is 0 Å². The predicted molar refractivity (Wildman–Crippen MR) is 267 cm³/mol. The second kappa shape index (κ2) is 19.7. The minimum absolute atomic E-state index is 0.00541. The van der Waals surface area contributed by atoms with E-state index in [9.17, 15) is 14.7 Å². The summed E-state index contributed by atoms with van der Waals surface area (Å²) in [6.07, 6.45) is 0.901. The van der Waals surface area contributed by atoms with Gasteiger partial charge in [-0.15, -0.1) is 0 Å². The third-order valence-electron chi connectivity index (χ3n) is 15.5. The SMILES string of the molecule is CCCCCc1cc2c(c(O[Si](C)(C)C(C)(C)C)c1)[C@@H]1C=C(C(=O)OC3OC(C(=O)OCc4ccccc4)C(O[Si](C)(C)C(C)(C)C)C(O[Si](C)(C)C(C)(C)C)C3O)CC[C@H]1C(C)(C)O2. The number of aliphatic hydroxyl groups excluding tert-OH is 1. The van der Waals surface area contributed by atoms with E-state index in [2.05, 4.69) is 134 Å². The number of aliphatic hydroxyl groups is 1. The van der Waals surface area contributed by atoms with Gasteiger partial charge in [0.05, 0.1) is 0 Å². The van der Waals surface area contributed by atoms with Crippen molar-refractivity contribution >= 4 is 36.9 Å². The first-order valence-electron chi connectivity index (χ1n) is 24.2. The molecule has 0 spiro atoms. The van der Waals surface area contributed by atoms with Crippen LogP contribution in [0.2, 0.25) is 54.4 Å². The van der Waals surface area contributed by atoms with E-state index in [1.807, 2.05) is 36.4 Å². The van der Waals surface area contributed by atoms with Crippen LogP contribution in [0.1, 0.15) is 138 Å². The zero-order chi connectivity index (χ0) is 48.7. The number of carbonyl (C=O) groups is 2. The van der Waals surface area contributed by atoms with Gasteiger partial charge in [0.1, 0.15) is 42.0 Å². The third kappa shape index (κ3) is 12.1. The third-order valence-corrected chi connectivity index (χ3v) is 28.8. The summed E-state index contributed by atoms with van der Waals surface area (Å²) < 4.78 is 46.8. The first kappa shape index (κ1) is 53.2. The van der Waals surface area contributed by atoms with Crippen molar-refractivity contribution < 1.29 is 46.9 Å². The van der Waals surface area contributed by atoms with Gasteiger partial charge in [-0.3, -0.25) is 0 Å². The van der Waals surface area contributed by atoms with Gasteiger partial charge >= 0.3 is 11.9 Å². The lowest BCUT2D eigenvalue weighted by atomic mass is 9.67. The lowest BCUT2D eigenvalue weighted by molar-refractivity contribution is -0.281. The van der Waals surface area contributed by atoms with E-state index in [1.165, 1.54) is 5.56 Å². The maximum absolute atomic E-state index is 14.7. The van der Waals surface area contributed by atoms with E-state index in [0.717, 1.165) is 48.3 Å². The van der Waals surface area contributed by atoms with Crippen LogP contribution in [0.4, 0.5) is 0 Å². The second-order valence-corrected chi connectivity index (χ2v) is 38.2. The van der Waals surface area contributed by atoms with E-state index >= 15 is 0 Å². The highest BCUT2D eigenvalue weighted by molar-refractivity contribution is 6.75. The van der Waals surface area contributed by atoms with Gasteiger partial charge in [-0.25, -0.2) is 9.59 Å². The molecule has 1 aliphatic carbocycles. The molecule has 2 aromatic rings. The Balaban J connectivity index is 1.56. The molecule has 2 aromatic carbocycles. The fourth-order valence-corrected chi connectivity index (χ4v) is 11.8. The predicted octanol–water partition coefficient (Wildman–Crippen LogP) is 12.5. The number of fused-ring (bicyclic) bond motifs is 3. The molecule has 0 radical (unpaired) electrons. The molecule has 2 aliphatic heterocycles. The number of aryl methyl sites for hydroxylation is 1. The summed E-state index contributed by atoms with van der Waals surface area (Å²) in [4.78, 5) is 29.1. The molecule has 5 unspecified atom stereocenters. The lowest BCUT2D eigenvalue weighted by Crippen LogP contribution is -2.67. The second-order valence-electron chi connectivity index (χ2n) is 24.0. The molecule has 0 bridgehead atoms. The van der Waals surface area contributed by atoms with Gasteiger partial charge < -0.3 is 37.3 Å². The van der Waals surface area contributed by atoms with Crippen molar-refractivity contribution in [3.8, 4) is 11.5 Å². The van der Waals surface area contributed by atoms with Crippen LogP contribution < -0.4 is 9.16 Å². The molecule has 0 aromatic heterocycles. The zero-order valence-electron chi connectivity index (χ0n) is 43.2. The molecular weight excluding hydrogens is 869 g/mol. The van der Waals surface area contributed by atoms with Crippen molar-refractivity contribution in [1.29, 1.82) is 0 Å². The molecule has 0 amide bonds. The lowest BCUT2D eigenvalue weighted by Gasteiger charge is -2.50. The first-order valence-corrected chi connectivity index (χ1v) is 32.9. The van der Waals surface area contributed by atoms with Gasteiger partial charge in [0.2, 0.25) is 14.6 Å². The molecule has 2 heterocycles. The molecule has 364 valence electrons. The highest BCUT2D eigenvalue weighted by Gasteiger charge is 2.57. The Bertz CT molecular complexity index is 2010. The normalized spacial score (nSPS) is 25.1. The molecular formula is C52H84O10Si3. The summed E-state index contributed by atoms with van der Waals surface area (Å²) >= 11 is 0. The maximum atomic E-state index is 14.7. The fraction of sp³-hybridized carbons (Fsp3) is 0.692. The molecule has 0 saturated carbocycles. The van der Waals surface area contributed by atoms with E-state index in [1.54, 1.807) is 0 Å². The molecule has 10 nitrogen and oxygen atoms in total. The Morgan fingerprint density at radius 3 is 1.95 bits per heavy atom.